The van der Waals surface area contributed by atoms with Gasteiger partial charge in [0, 0.05) is 19.0 Å². The maximum atomic E-state index is 12.6. The van der Waals surface area contributed by atoms with Crippen LogP contribution in [-0.2, 0) is 4.79 Å². The van der Waals surface area contributed by atoms with Crippen molar-refractivity contribution in [1.29, 1.82) is 0 Å². The number of thiocarbonyl (C=S) groups is 1. The summed E-state index contributed by atoms with van der Waals surface area (Å²) in [4.78, 5) is 16.6. The molecule has 1 amide bonds. The monoisotopic (exact) mass is 302 g/mol. The quantitative estimate of drug-likeness (QED) is 0.742. The molecule has 3 nitrogen and oxygen atoms in total. The maximum Gasteiger partial charge on any atom is 0.235 e. The molecule has 0 aliphatic carbocycles. The smallest absolute Gasteiger partial charge is 0.235 e. The van der Waals surface area contributed by atoms with Crippen LogP contribution in [0.25, 0.3) is 0 Å². The van der Waals surface area contributed by atoms with Crippen molar-refractivity contribution in [3.8, 4) is 0 Å². The van der Waals surface area contributed by atoms with E-state index in [0.29, 0.717) is 17.6 Å². The molecule has 0 N–H and O–H groups in total. The summed E-state index contributed by atoms with van der Waals surface area (Å²) in [6, 6.07) is 4.56. The van der Waals surface area contributed by atoms with E-state index in [4.69, 9.17) is 12.2 Å². The van der Waals surface area contributed by atoms with Crippen molar-refractivity contribution in [2.45, 2.75) is 52.5 Å². The Morgan fingerprint density at radius 1 is 1.10 bits per heavy atom. The molecule has 4 heteroatoms. The first-order chi connectivity index (χ1) is 9.99. The summed E-state index contributed by atoms with van der Waals surface area (Å²) in [6.45, 7) is 7.22. The molecule has 0 radical (unpaired) electrons. The number of hydrogen-bond acceptors (Lipinski definition) is 2. The molecule has 0 bridgehead atoms. The van der Waals surface area contributed by atoms with Crippen LogP contribution >= 0.6 is 12.2 Å². The predicted octanol–water partition coefficient (Wildman–Crippen LogP) is 3.49. The Hall–Kier alpha value is -1.42. The fourth-order valence-electron chi connectivity index (χ4n) is 3.42. The molecular weight excluding hydrogens is 280 g/mol. The van der Waals surface area contributed by atoms with E-state index in [2.05, 4.69) is 37.8 Å². The molecule has 3 rings (SSSR count). The van der Waals surface area contributed by atoms with Crippen LogP contribution in [-0.4, -0.2) is 28.5 Å². The Kier molecular flexibility index (Phi) is 3.74. The molecule has 1 unspecified atom stereocenters. The van der Waals surface area contributed by atoms with E-state index in [9.17, 15) is 4.79 Å². The molecular formula is C17H22N2OS. The summed E-state index contributed by atoms with van der Waals surface area (Å²) in [5.74, 6) is 0.148. The zero-order valence-electron chi connectivity index (χ0n) is 13.0. The average Bonchev–Trinajstić information content (AvgIpc) is 2.44. The number of carbonyl (C=O) groups excluding carboxylic acids is 1. The zero-order valence-corrected chi connectivity index (χ0v) is 13.8. The van der Waals surface area contributed by atoms with Crippen molar-refractivity contribution < 1.29 is 4.79 Å². The van der Waals surface area contributed by atoms with E-state index in [0.717, 1.165) is 24.2 Å². The first-order valence-corrected chi connectivity index (χ1v) is 8.11. The van der Waals surface area contributed by atoms with E-state index in [1.54, 1.807) is 4.90 Å². The summed E-state index contributed by atoms with van der Waals surface area (Å²) >= 11 is 5.65. The number of piperidine rings is 1. The predicted molar refractivity (Wildman–Crippen MR) is 89.7 cm³/mol. The van der Waals surface area contributed by atoms with Gasteiger partial charge in [-0.15, -0.1) is 0 Å². The summed E-state index contributed by atoms with van der Waals surface area (Å²) in [5, 5.41) is 0.697. The minimum absolute atomic E-state index is 0.148. The third-order valence-electron chi connectivity index (χ3n) is 4.78. The average molecular weight is 302 g/mol. The van der Waals surface area contributed by atoms with Gasteiger partial charge in [-0.3, -0.25) is 9.69 Å². The van der Waals surface area contributed by atoms with Gasteiger partial charge >= 0.3 is 0 Å². The van der Waals surface area contributed by atoms with Crippen LogP contribution in [0.15, 0.2) is 12.1 Å². The van der Waals surface area contributed by atoms with Gasteiger partial charge in [0.2, 0.25) is 5.91 Å². The second kappa shape index (κ2) is 5.41. The topological polar surface area (TPSA) is 23.6 Å². The van der Waals surface area contributed by atoms with Gasteiger partial charge in [-0.05, 0) is 75.0 Å². The molecule has 112 valence electrons. The lowest BCUT2D eigenvalue weighted by Crippen LogP contribution is -2.58. The highest BCUT2D eigenvalue weighted by molar-refractivity contribution is 7.80. The van der Waals surface area contributed by atoms with Crippen LogP contribution in [0.4, 0.5) is 5.69 Å². The molecule has 0 saturated carbocycles. The third-order valence-corrected chi connectivity index (χ3v) is 5.19. The molecule has 0 spiro atoms. The zero-order chi connectivity index (χ0) is 15.1. The van der Waals surface area contributed by atoms with Crippen LogP contribution < -0.4 is 4.90 Å². The van der Waals surface area contributed by atoms with Gasteiger partial charge in [0.1, 0.15) is 0 Å². The van der Waals surface area contributed by atoms with Gasteiger partial charge in [0.05, 0.1) is 5.69 Å². The van der Waals surface area contributed by atoms with E-state index in [1.165, 1.54) is 24.0 Å². The number of fused-ring (bicyclic) bond motifs is 1. The molecule has 2 fully saturated rings. The van der Waals surface area contributed by atoms with Gasteiger partial charge < -0.3 is 4.90 Å². The highest BCUT2D eigenvalue weighted by atomic mass is 32.1. The fourth-order valence-corrected chi connectivity index (χ4v) is 3.86. The van der Waals surface area contributed by atoms with Crippen molar-refractivity contribution in [3.63, 3.8) is 0 Å². The van der Waals surface area contributed by atoms with E-state index in [1.807, 2.05) is 0 Å². The molecule has 2 saturated heterocycles. The van der Waals surface area contributed by atoms with Crippen LogP contribution in [0.5, 0.6) is 0 Å². The molecule has 2 aliphatic heterocycles. The molecule has 21 heavy (non-hydrogen) atoms. The number of rotatable bonds is 1. The number of hydrogen-bond donors (Lipinski definition) is 0. The minimum Gasteiger partial charge on any atom is -0.345 e. The Morgan fingerprint density at radius 2 is 1.81 bits per heavy atom. The second-order valence-electron chi connectivity index (χ2n) is 6.28. The largest absolute Gasteiger partial charge is 0.345 e. The van der Waals surface area contributed by atoms with Crippen LogP contribution in [0.2, 0.25) is 0 Å². The Bertz CT molecular complexity index is 611. The lowest BCUT2D eigenvalue weighted by Gasteiger charge is -2.45. The first-order valence-electron chi connectivity index (χ1n) is 7.70. The normalized spacial score (nSPS) is 22.5. The van der Waals surface area contributed by atoms with Crippen LogP contribution in [0.3, 0.4) is 0 Å². The van der Waals surface area contributed by atoms with Crippen molar-refractivity contribution in [1.82, 2.24) is 4.90 Å². The first kappa shape index (κ1) is 14.5. The van der Waals surface area contributed by atoms with Crippen molar-refractivity contribution in [2.24, 2.45) is 0 Å². The van der Waals surface area contributed by atoms with Gasteiger partial charge in [0.25, 0.3) is 0 Å². The lowest BCUT2D eigenvalue weighted by atomic mass is 9.96. The van der Waals surface area contributed by atoms with Crippen LogP contribution in [0.1, 0.15) is 42.4 Å². The van der Waals surface area contributed by atoms with Crippen molar-refractivity contribution in [2.75, 3.05) is 11.4 Å². The van der Waals surface area contributed by atoms with Gasteiger partial charge in [-0.1, -0.05) is 6.07 Å². The number of carbonyl (C=O) groups is 1. The van der Waals surface area contributed by atoms with E-state index >= 15 is 0 Å². The maximum absolute atomic E-state index is 12.6. The molecule has 0 aromatic heterocycles. The number of anilines is 1. The lowest BCUT2D eigenvalue weighted by molar-refractivity contribution is -0.120. The van der Waals surface area contributed by atoms with Gasteiger partial charge in [-0.2, -0.15) is 0 Å². The molecule has 2 aliphatic rings. The molecule has 1 atom stereocenters. The van der Waals surface area contributed by atoms with Gasteiger partial charge in [0.15, 0.2) is 5.11 Å². The number of benzene rings is 1. The molecule has 2 heterocycles. The second-order valence-corrected chi connectivity index (χ2v) is 6.65. The van der Waals surface area contributed by atoms with E-state index < -0.39 is 0 Å². The van der Waals surface area contributed by atoms with Crippen molar-refractivity contribution in [3.05, 3.63) is 28.8 Å². The standard InChI is InChI=1S/C17H22N2OS/c1-11-8-13(3)15(9-12(11)2)19-16(20)10-14-6-4-5-7-18(14)17(19)21/h8-9,14H,4-7,10H2,1-3H3. The summed E-state index contributed by atoms with van der Waals surface area (Å²) < 4.78 is 0. The fraction of sp³-hybridized carbons (Fsp3) is 0.529. The number of amides is 1. The number of nitrogens with zero attached hydrogens (tertiary/aromatic N) is 2. The third kappa shape index (κ3) is 2.46. The van der Waals surface area contributed by atoms with Crippen molar-refractivity contribution >= 4 is 28.9 Å². The highest BCUT2D eigenvalue weighted by Gasteiger charge is 2.38. The van der Waals surface area contributed by atoms with Gasteiger partial charge in [-0.25, -0.2) is 0 Å². The number of aryl methyl sites for hydroxylation is 3. The van der Waals surface area contributed by atoms with Crippen LogP contribution in [0, 0.1) is 20.8 Å². The Morgan fingerprint density at radius 3 is 2.57 bits per heavy atom. The highest BCUT2D eigenvalue weighted by Crippen LogP contribution is 2.32. The SMILES string of the molecule is Cc1cc(C)c(N2C(=O)CC3CCCCN3C2=S)cc1C. The van der Waals surface area contributed by atoms with E-state index in [-0.39, 0.29) is 5.91 Å². The Labute approximate surface area is 131 Å². The molecule has 1 aromatic carbocycles. The Balaban J connectivity index is 1.99. The summed E-state index contributed by atoms with van der Waals surface area (Å²) in [6.07, 6.45) is 4.06. The summed E-state index contributed by atoms with van der Waals surface area (Å²) in [7, 11) is 0. The summed E-state index contributed by atoms with van der Waals surface area (Å²) in [5.41, 5.74) is 4.52. The minimum atomic E-state index is 0.148. The molecule has 1 aromatic rings.